The minimum Gasteiger partial charge on any atom is -0.335 e. The van der Waals surface area contributed by atoms with Gasteiger partial charge in [0, 0.05) is 59.6 Å². The third-order valence-electron chi connectivity index (χ3n) is 7.37. The average molecular weight is 502 g/mol. The largest absolute Gasteiger partial charge is 0.335 e. The first kappa shape index (κ1) is 22.7. The number of fused-ring (bicyclic) bond motifs is 2. The summed E-state index contributed by atoms with van der Waals surface area (Å²) in [6.07, 6.45) is 18.2. The quantitative estimate of drug-likeness (QED) is 0.271. The average Bonchev–Trinajstić information content (AvgIpc) is 3.73. The topological polar surface area (TPSA) is 121 Å². The van der Waals surface area contributed by atoms with Crippen molar-refractivity contribution in [3.05, 3.63) is 73.2 Å². The van der Waals surface area contributed by atoms with Crippen molar-refractivity contribution in [1.29, 1.82) is 0 Å². The number of H-pyrrole nitrogens is 2. The molecular weight excluding hydrogens is 474 g/mol. The van der Waals surface area contributed by atoms with Gasteiger partial charge in [0.05, 0.1) is 29.1 Å². The Morgan fingerprint density at radius 2 is 1.79 bits per heavy atom. The fourth-order valence-electron chi connectivity index (χ4n) is 5.39. The normalized spacial score (nSPS) is 14.1. The molecule has 0 amide bonds. The van der Waals surface area contributed by atoms with Gasteiger partial charge < -0.3 is 10.3 Å². The number of nitrogens with one attached hydrogen (secondary N) is 3. The van der Waals surface area contributed by atoms with E-state index >= 15 is 0 Å². The van der Waals surface area contributed by atoms with Crippen molar-refractivity contribution in [3.63, 3.8) is 0 Å². The van der Waals surface area contributed by atoms with Crippen molar-refractivity contribution >= 4 is 21.9 Å². The van der Waals surface area contributed by atoms with Gasteiger partial charge in [-0.2, -0.15) is 5.10 Å². The summed E-state index contributed by atoms with van der Waals surface area (Å²) in [5.74, 6) is 1.48. The van der Waals surface area contributed by atoms with Crippen LogP contribution in [-0.4, -0.2) is 46.6 Å². The zero-order valence-electron chi connectivity index (χ0n) is 20.9. The molecule has 9 heteroatoms. The van der Waals surface area contributed by atoms with E-state index in [0.717, 1.165) is 74.6 Å². The molecule has 1 saturated carbocycles. The van der Waals surface area contributed by atoms with E-state index in [4.69, 9.17) is 4.98 Å². The molecule has 7 rings (SSSR count). The molecule has 6 heterocycles. The van der Waals surface area contributed by atoms with E-state index in [2.05, 4.69) is 46.5 Å². The minimum atomic E-state index is 0.671. The van der Waals surface area contributed by atoms with E-state index in [9.17, 15) is 0 Å². The van der Waals surface area contributed by atoms with Crippen LogP contribution in [0.1, 0.15) is 31.2 Å². The molecule has 0 saturated heterocycles. The zero-order chi connectivity index (χ0) is 25.3. The van der Waals surface area contributed by atoms with Crippen LogP contribution in [0.2, 0.25) is 0 Å². The summed E-state index contributed by atoms with van der Waals surface area (Å²) in [6.45, 7) is 1.88. The Bertz CT molecular complexity index is 1710. The highest BCUT2D eigenvalue weighted by molar-refractivity contribution is 5.97. The molecule has 1 aliphatic rings. The van der Waals surface area contributed by atoms with Crippen LogP contribution < -0.4 is 5.32 Å². The molecule has 9 nitrogen and oxygen atoms in total. The first-order chi connectivity index (χ1) is 18.8. The fourth-order valence-corrected chi connectivity index (χ4v) is 5.39. The summed E-state index contributed by atoms with van der Waals surface area (Å²) in [5.41, 5.74) is 8.12. The summed E-state index contributed by atoms with van der Waals surface area (Å²) in [6, 6.07) is 8.13. The second kappa shape index (κ2) is 9.75. The van der Waals surface area contributed by atoms with Crippen LogP contribution in [0.5, 0.6) is 0 Å². The van der Waals surface area contributed by atoms with Crippen molar-refractivity contribution in [2.75, 3.05) is 6.54 Å². The Kier molecular flexibility index (Phi) is 5.82. The van der Waals surface area contributed by atoms with Gasteiger partial charge in [-0.05, 0) is 49.1 Å². The zero-order valence-corrected chi connectivity index (χ0v) is 20.9. The second-order valence-electron chi connectivity index (χ2n) is 9.96. The number of rotatable bonds is 7. The molecule has 0 unspecified atom stereocenters. The number of hydrogen-bond acceptors (Lipinski definition) is 7. The predicted octanol–water partition coefficient (Wildman–Crippen LogP) is 5.30. The van der Waals surface area contributed by atoms with E-state index in [1.165, 1.54) is 25.7 Å². The molecule has 3 N–H and O–H groups in total. The maximum atomic E-state index is 4.92. The molecule has 0 bridgehead atoms. The maximum absolute atomic E-state index is 4.92. The lowest BCUT2D eigenvalue weighted by molar-refractivity contribution is 0.489. The van der Waals surface area contributed by atoms with Crippen LogP contribution >= 0.6 is 0 Å². The van der Waals surface area contributed by atoms with E-state index in [1.807, 2.05) is 49.2 Å². The molecule has 1 aliphatic carbocycles. The van der Waals surface area contributed by atoms with Crippen molar-refractivity contribution in [2.24, 2.45) is 5.92 Å². The van der Waals surface area contributed by atoms with E-state index in [0.29, 0.717) is 5.82 Å². The SMILES string of the molecule is c1cncc(-c2cncc3[nH]c(-c4n[nH]c5cnc(-c6cncc(CNCC7CCCC7)c6)cc45)nc23)c1. The highest BCUT2D eigenvalue weighted by Gasteiger charge is 2.17. The van der Waals surface area contributed by atoms with Gasteiger partial charge in [-0.25, -0.2) is 4.98 Å². The highest BCUT2D eigenvalue weighted by atomic mass is 15.1. The molecule has 6 aromatic rings. The van der Waals surface area contributed by atoms with Crippen molar-refractivity contribution in [2.45, 2.75) is 32.2 Å². The summed E-state index contributed by atoms with van der Waals surface area (Å²) in [7, 11) is 0. The molecule has 188 valence electrons. The van der Waals surface area contributed by atoms with Crippen LogP contribution in [0.15, 0.2) is 67.6 Å². The van der Waals surface area contributed by atoms with Gasteiger partial charge in [0.25, 0.3) is 0 Å². The molecule has 0 aromatic carbocycles. The number of imidazole rings is 1. The van der Waals surface area contributed by atoms with Gasteiger partial charge in [0.2, 0.25) is 0 Å². The molecule has 0 radical (unpaired) electrons. The Labute approximate surface area is 219 Å². The van der Waals surface area contributed by atoms with Crippen LogP contribution in [0, 0.1) is 5.92 Å². The van der Waals surface area contributed by atoms with Crippen LogP contribution in [0.3, 0.4) is 0 Å². The van der Waals surface area contributed by atoms with E-state index < -0.39 is 0 Å². The third kappa shape index (κ3) is 4.31. The van der Waals surface area contributed by atoms with E-state index in [1.54, 1.807) is 12.4 Å². The number of aromatic amines is 2. The second-order valence-corrected chi connectivity index (χ2v) is 9.96. The van der Waals surface area contributed by atoms with Crippen molar-refractivity contribution in [3.8, 4) is 33.9 Å². The number of hydrogen-bond donors (Lipinski definition) is 3. The molecular formula is C29H27N9. The lowest BCUT2D eigenvalue weighted by Crippen LogP contribution is -2.20. The molecule has 0 atom stereocenters. The summed E-state index contributed by atoms with van der Waals surface area (Å²) in [5, 5.41) is 12.2. The molecule has 1 fully saturated rings. The van der Waals surface area contributed by atoms with Gasteiger partial charge in [0.15, 0.2) is 5.82 Å². The third-order valence-corrected chi connectivity index (χ3v) is 7.37. The van der Waals surface area contributed by atoms with Crippen molar-refractivity contribution in [1.82, 2.24) is 45.4 Å². The fraction of sp³-hybridized carbons (Fsp3) is 0.241. The van der Waals surface area contributed by atoms with Gasteiger partial charge in [-0.3, -0.25) is 25.0 Å². The monoisotopic (exact) mass is 501 g/mol. The first-order valence-corrected chi connectivity index (χ1v) is 13.1. The van der Waals surface area contributed by atoms with Crippen LogP contribution in [0.25, 0.3) is 55.8 Å². The van der Waals surface area contributed by atoms with E-state index in [-0.39, 0.29) is 0 Å². The minimum absolute atomic E-state index is 0.671. The molecule has 0 aliphatic heterocycles. The van der Waals surface area contributed by atoms with Crippen LogP contribution in [-0.2, 0) is 6.54 Å². The van der Waals surface area contributed by atoms with Gasteiger partial charge in [-0.15, -0.1) is 0 Å². The Morgan fingerprint density at radius 3 is 2.68 bits per heavy atom. The standard InChI is InChI=1S/C29H27N9/c1-2-5-18(4-1)10-31-11-19-8-21(14-32-12-19)24-9-22-25(17-34-24)37-38-28(22)29-35-26-16-33-15-23(27(26)36-29)20-6-3-7-30-13-20/h3,6-9,12-18,31H,1-2,4-5,10-11H2,(H,35,36)(H,37,38). The molecule has 6 aromatic heterocycles. The van der Waals surface area contributed by atoms with Gasteiger partial charge in [-0.1, -0.05) is 18.9 Å². The summed E-state index contributed by atoms with van der Waals surface area (Å²) in [4.78, 5) is 26.1. The van der Waals surface area contributed by atoms with Crippen LogP contribution in [0.4, 0.5) is 0 Å². The summed E-state index contributed by atoms with van der Waals surface area (Å²) < 4.78 is 0. The summed E-state index contributed by atoms with van der Waals surface area (Å²) >= 11 is 0. The highest BCUT2D eigenvalue weighted by Crippen LogP contribution is 2.32. The smallest absolute Gasteiger partial charge is 0.159 e. The lowest BCUT2D eigenvalue weighted by Gasteiger charge is -2.11. The molecule has 38 heavy (non-hydrogen) atoms. The van der Waals surface area contributed by atoms with Gasteiger partial charge in [0.1, 0.15) is 11.2 Å². The Morgan fingerprint density at radius 1 is 0.895 bits per heavy atom. The maximum Gasteiger partial charge on any atom is 0.159 e. The first-order valence-electron chi connectivity index (χ1n) is 13.1. The molecule has 0 spiro atoms. The Hall–Kier alpha value is -4.50. The number of pyridine rings is 4. The predicted molar refractivity (Wildman–Crippen MR) is 147 cm³/mol. The lowest BCUT2D eigenvalue weighted by atomic mass is 10.1. The Balaban J connectivity index is 1.20. The number of nitrogens with zero attached hydrogens (tertiary/aromatic N) is 6. The van der Waals surface area contributed by atoms with Crippen molar-refractivity contribution < 1.29 is 0 Å². The number of aromatic nitrogens is 8. The van der Waals surface area contributed by atoms with Gasteiger partial charge >= 0.3 is 0 Å².